The lowest BCUT2D eigenvalue weighted by Gasteiger charge is -2.14. The molecular formula is C15H28N6. The van der Waals surface area contributed by atoms with E-state index < -0.39 is 0 Å². The van der Waals surface area contributed by atoms with Gasteiger partial charge in [0.2, 0.25) is 17.8 Å². The van der Waals surface area contributed by atoms with Gasteiger partial charge < -0.3 is 15.5 Å². The molecule has 0 atom stereocenters. The van der Waals surface area contributed by atoms with E-state index in [1.807, 2.05) is 19.0 Å². The normalized spacial score (nSPS) is 15.2. The highest BCUT2D eigenvalue weighted by Crippen LogP contribution is 2.27. The number of aromatic nitrogens is 3. The average molecular weight is 292 g/mol. The van der Waals surface area contributed by atoms with E-state index in [-0.39, 0.29) is 0 Å². The van der Waals surface area contributed by atoms with Crippen molar-refractivity contribution in [3.8, 4) is 0 Å². The van der Waals surface area contributed by atoms with Gasteiger partial charge in [-0.05, 0) is 18.8 Å². The molecule has 118 valence electrons. The van der Waals surface area contributed by atoms with Gasteiger partial charge in [0, 0.05) is 27.2 Å². The van der Waals surface area contributed by atoms with Crippen molar-refractivity contribution in [2.24, 2.45) is 5.92 Å². The molecule has 0 saturated heterocycles. The molecule has 0 amide bonds. The summed E-state index contributed by atoms with van der Waals surface area (Å²) in [5.74, 6) is 2.89. The number of anilines is 3. The molecule has 0 spiro atoms. The summed E-state index contributed by atoms with van der Waals surface area (Å²) in [7, 11) is 3.89. The molecule has 0 unspecified atom stereocenters. The predicted octanol–water partition coefficient (Wildman–Crippen LogP) is 2.75. The van der Waals surface area contributed by atoms with Gasteiger partial charge in [0.25, 0.3) is 0 Å². The third-order valence-corrected chi connectivity index (χ3v) is 3.87. The van der Waals surface area contributed by atoms with Gasteiger partial charge >= 0.3 is 0 Å². The molecular weight excluding hydrogens is 264 g/mol. The Morgan fingerprint density at radius 1 is 1.00 bits per heavy atom. The average Bonchev–Trinajstić information content (AvgIpc) is 2.98. The van der Waals surface area contributed by atoms with Gasteiger partial charge in [0.15, 0.2) is 0 Å². The Morgan fingerprint density at radius 2 is 1.62 bits per heavy atom. The van der Waals surface area contributed by atoms with Crippen LogP contribution in [-0.4, -0.2) is 42.1 Å². The van der Waals surface area contributed by atoms with Crippen molar-refractivity contribution >= 4 is 17.8 Å². The molecule has 1 aromatic rings. The smallest absolute Gasteiger partial charge is 0.231 e. The number of nitrogens with zero attached hydrogens (tertiary/aromatic N) is 4. The molecule has 1 aliphatic carbocycles. The third kappa shape index (κ3) is 5.02. The monoisotopic (exact) mass is 292 g/mol. The lowest BCUT2D eigenvalue weighted by Crippen LogP contribution is -2.18. The van der Waals surface area contributed by atoms with E-state index in [1.54, 1.807) is 0 Å². The molecule has 21 heavy (non-hydrogen) atoms. The van der Waals surface area contributed by atoms with Crippen molar-refractivity contribution < 1.29 is 0 Å². The maximum atomic E-state index is 4.46. The minimum atomic E-state index is 0.652. The second-order valence-electron chi connectivity index (χ2n) is 5.97. The molecule has 1 heterocycles. The molecule has 1 saturated carbocycles. The first-order valence-electron chi connectivity index (χ1n) is 8.10. The van der Waals surface area contributed by atoms with Crippen LogP contribution in [0, 0.1) is 5.92 Å². The van der Waals surface area contributed by atoms with E-state index in [0.717, 1.165) is 25.4 Å². The van der Waals surface area contributed by atoms with E-state index in [0.29, 0.717) is 17.8 Å². The van der Waals surface area contributed by atoms with E-state index in [2.05, 4.69) is 32.5 Å². The fourth-order valence-corrected chi connectivity index (χ4v) is 2.65. The fraction of sp³-hybridized carbons (Fsp3) is 0.800. The Labute approximate surface area is 127 Å². The Morgan fingerprint density at radius 3 is 2.19 bits per heavy atom. The minimum Gasteiger partial charge on any atom is -0.354 e. The van der Waals surface area contributed by atoms with Crippen LogP contribution in [0.1, 0.15) is 45.4 Å². The standard InChI is InChI=1S/C15H28N6/c1-4-10-16-13-18-14(20-15(19-13)21(2)3)17-11-9-12-7-5-6-8-12/h12H,4-11H2,1-3H3,(H2,16,17,18,19,20). The van der Waals surface area contributed by atoms with Gasteiger partial charge in [0.05, 0.1) is 0 Å². The topological polar surface area (TPSA) is 66.0 Å². The highest BCUT2D eigenvalue weighted by Gasteiger charge is 2.14. The van der Waals surface area contributed by atoms with Gasteiger partial charge in [-0.2, -0.15) is 15.0 Å². The number of rotatable bonds is 8. The number of nitrogens with one attached hydrogen (secondary N) is 2. The summed E-state index contributed by atoms with van der Waals surface area (Å²) >= 11 is 0. The summed E-state index contributed by atoms with van der Waals surface area (Å²) in [6, 6.07) is 0. The third-order valence-electron chi connectivity index (χ3n) is 3.87. The zero-order valence-electron chi connectivity index (χ0n) is 13.5. The van der Waals surface area contributed by atoms with Crippen LogP contribution in [0.3, 0.4) is 0 Å². The summed E-state index contributed by atoms with van der Waals surface area (Å²) < 4.78 is 0. The molecule has 0 radical (unpaired) electrons. The molecule has 1 fully saturated rings. The van der Waals surface area contributed by atoms with Crippen LogP contribution in [0.25, 0.3) is 0 Å². The summed E-state index contributed by atoms with van der Waals surface area (Å²) in [6.07, 6.45) is 7.81. The van der Waals surface area contributed by atoms with Crippen LogP contribution < -0.4 is 15.5 Å². The Bertz CT molecular complexity index is 428. The molecule has 2 rings (SSSR count). The van der Waals surface area contributed by atoms with Crippen molar-refractivity contribution in [1.82, 2.24) is 15.0 Å². The van der Waals surface area contributed by atoms with Crippen molar-refractivity contribution in [2.75, 3.05) is 42.7 Å². The maximum absolute atomic E-state index is 4.46. The Hall–Kier alpha value is -1.59. The van der Waals surface area contributed by atoms with Crippen molar-refractivity contribution in [3.63, 3.8) is 0 Å². The van der Waals surface area contributed by atoms with Crippen LogP contribution in [0.15, 0.2) is 0 Å². The van der Waals surface area contributed by atoms with E-state index >= 15 is 0 Å². The van der Waals surface area contributed by atoms with Crippen LogP contribution in [-0.2, 0) is 0 Å². The zero-order valence-corrected chi connectivity index (χ0v) is 13.5. The Balaban J connectivity index is 1.93. The molecule has 0 aromatic carbocycles. The van der Waals surface area contributed by atoms with Crippen LogP contribution >= 0.6 is 0 Å². The lowest BCUT2D eigenvalue weighted by atomic mass is 10.0. The molecule has 6 nitrogen and oxygen atoms in total. The van der Waals surface area contributed by atoms with Crippen molar-refractivity contribution in [1.29, 1.82) is 0 Å². The van der Waals surface area contributed by atoms with Crippen molar-refractivity contribution in [2.45, 2.75) is 45.4 Å². The first-order valence-corrected chi connectivity index (χ1v) is 8.10. The van der Waals surface area contributed by atoms with Crippen molar-refractivity contribution in [3.05, 3.63) is 0 Å². The zero-order chi connectivity index (χ0) is 15.1. The fourth-order valence-electron chi connectivity index (χ4n) is 2.65. The van der Waals surface area contributed by atoms with Crippen LogP contribution in [0.4, 0.5) is 17.8 Å². The second-order valence-corrected chi connectivity index (χ2v) is 5.97. The van der Waals surface area contributed by atoms with E-state index in [4.69, 9.17) is 0 Å². The number of hydrogen-bond donors (Lipinski definition) is 2. The maximum Gasteiger partial charge on any atom is 0.231 e. The highest BCUT2D eigenvalue weighted by molar-refractivity contribution is 5.42. The second kappa shape index (κ2) is 8.00. The molecule has 0 bridgehead atoms. The van der Waals surface area contributed by atoms with Crippen LogP contribution in [0.5, 0.6) is 0 Å². The highest BCUT2D eigenvalue weighted by atomic mass is 15.3. The lowest BCUT2D eigenvalue weighted by molar-refractivity contribution is 0.518. The molecule has 0 aliphatic heterocycles. The molecule has 1 aromatic heterocycles. The van der Waals surface area contributed by atoms with E-state index in [1.165, 1.54) is 32.1 Å². The predicted molar refractivity (Wildman–Crippen MR) is 88.0 cm³/mol. The quantitative estimate of drug-likeness (QED) is 0.768. The van der Waals surface area contributed by atoms with Crippen LogP contribution in [0.2, 0.25) is 0 Å². The van der Waals surface area contributed by atoms with Gasteiger partial charge in [0.1, 0.15) is 0 Å². The van der Waals surface area contributed by atoms with Gasteiger partial charge in [-0.3, -0.25) is 0 Å². The number of hydrogen-bond acceptors (Lipinski definition) is 6. The Kier molecular flexibility index (Phi) is 6.02. The van der Waals surface area contributed by atoms with Gasteiger partial charge in [-0.1, -0.05) is 32.6 Å². The first kappa shape index (κ1) is 15.8. The largest absolute Gasteiger partial charge is 0.354 e. The molecule has 1 aliphatic rings. The summed E-state index contributed by atoms with van der Waals surface area (Å²) in [6.45, 7) is 3.94. The summed E-state index contributed by atoms with van der Waals surface area (Å²) in [5.41, 5.74) is 0. The minimum absolute atomic E-state index is 0.652. The summed E-state index contributed by atoms with van der Waals surface area (Å²) in [5, 5.41) is 6.59. The van der Waals surface area contributed by atoms with Gasteiger partial charge in [-0.15, -0.1) is 0 Å². The van der Waals surface area contributed by atoms with E-state index in [9.17, 15) is 0 Å². The summed E-state index contributed by atoms with van der Waals surface area (Å²) in [4.78, 5) is 15.2. The molecule has 2 N–H and O–H groups in total. The molecule has 6 heteroatoms. The van der Waals surface area contributed by atoms with Gasteiger partial charge in [-0.25, -0.2) is 0 Å². The SMILES string of the molecule is CCCNc1nc(NCCC2CCCC2)nc(N(C)C)n1. The first-order chi connectivity index (χ1) is 10.2.